The Morgan fingerprint density at radius 2 is 1.68 bits per heavy atom. The van der Waals surface area contributed by atoms with Gasteiger partial charge >= 0.3 is 0 Å². The van der Waals surface area contributed by atoms with Gasteiger partial charge in [0.1, 0.15) is 0 Å². The third-order valence-corrected chi connectivity index (χ3v) is 8.56. The first kappa shape index (κ1) is 17.5. The van der Waals surface area contributed by atoms with Gasteiger partial charge in [0.2, 0.25) is 0 Å². The molecule has 4 atom stereocenters. The van der Waals surface area contributed by atoms with E-state index in [-0.39, 0.29) is 5.54 Å². The molecule has 0 radical (unpaired) electrons. The maximum atomic E-state index is 13.5. The lowest BCUT2D eigenvalue weighted by atomic mass is 9.63. The van der Waals surface area contributed by atoms with Crippen LogP contribution in [0.5, 0.6) is 0 Å². The molecule has 2 aliphatic heterocycles. The van der Waals surface area contributed by atoms with E-state index in [4.69, 9.17) is 0 Å². The molecule has 0 aromatic heterocycles. The van der Waals surface area contributed by atoms with Gasteiger partial charge in [-0.1, -0.05) is 57.0 Å². The van der Waals surface area contributed by atoms with Crippen LogP contribution in [0.4, 0.5) is 0 Å². The molecule has 4 rings (SSSR count). The van der Waals surface area contributed by atoms with Gasteiger partial charge in [-0.15, -0.1) is 0 Å². The number of piperidine rings is 1. The molecule has 2 heterocycles. The first-order valence-electron chi connectivity index (χ1n) is 9.78. The van der Waals surface area contributed by atoms with Gasteiger partial charge < -0.3 is 0 Å². The summed E-state index contributed by atoms with van der Waals surface area (Å²) in [6, 6.07) is 10.4. The third-order valence-electron chi connectivity index (χ3n) is 6.58. The molecule has 0 bridgehead atoms. The van der Waals surface area contributed by atoms with Crippen LogP contribution in [0, 0.1) is 17.8 Å². The summed E-state index contributed by atoms with van der Waals surface area (Å²) in [5, 5.41) is 0. The highest BCUT2D eigenvalue weighted by Crippen LogP contribution is 2.55. The topological polar surface area (TPSA) is 40.6 Å². The molecule has 0 spiro atoms. The van der Waals surface area contributed by atoms with Gasteiger partial charge in [0, 0.05) is 19.6 Å². The average Bonchev–Trinajstić information content (AvgIpc) is 2.56. The zero-order valence-electron chi connectivity index (χ0n) is 15.4. The Labute approximate surface area is 152 Å². The number of nitrogens with zero attached hydrogens (tertiary/aromatic N) is 2. The zero-order valence-corrected chi connectivity index (χ0v) is 16.2. The predicted octanol–water partition coefficient (Wildman–Crippen LogP) is 3.61. The third kappa shape index (κ3) is 2.75. The zero-order chi connectivity index (χ0) is 17.7. The van der Waals surface area contributed by atoms with Gasteiger partial charge in [-0.2, -0.15) is 17.0 Å². The van der Waals surface area contributed by atoms with E-state index in [1.165, 1.54) is 12.0 Å². The lowest BCUT2D eigenvalue weighted by Gasteiger charge is -2.61. The second-order valence-corrected chi connectivity index (χ2v) is 10.4. The average molecular weight is 363 g/mol. The molecule has 4 nitrogen and oxygen atoms in total. The van der Waals surface area contributed by atoms with Crippen LogP contribution in [0.1, 0.15) is 51.5 Å². The molecular weight excluding hydrogens is 332 g/mol. The van der Waals surface area contributed by atoms with E-state index in [2.05, 4.69) is 26.0 Å². The van der Waals surface area contributed by atoms with Gasteiger partial charge in [-0.3, -0.25) is 0 Å². The Hall–Kier alpha value is -0.910. The van der Waals surface area contributed by atoms with Crippen LogP contribution >= 0.6 is 0 Å². The van der Waals surface area contributed by atoms with E-state index in [0.29, 0.717) is 37.4 Å². The van der Waals surface area contributed by atoms with Gasteiger partial charge in [0.15, 0.2) is 0 Å². The fourth-order valence-electron chi connectivity index (χ4n) is 5.53. The van der Waals surface area contributed by atoms with Crippen molar-refractivity contribution in [3.63, 3.8) is 0 Å². The molecule has 1 aliphatic carbocycles. The van der Waals surface area contributed by atoms with Crippen molar-refractivity contribution < 1.29 is 8.42 Å². The Balaban J connectivity index is 1.69. The Bertz CT molecular complexity index is 710. The summed E-state index contributed by atoms with van der Waals surface area (Å²) in [4.78, 5) is 0. The summed E-state index contributed by atoms with van der Waals surface area (Å²) in [6.45, 7) is 6.36. The minimum absolute atomic E-state index is 0.303. The van der Waals surface area contributed by atoms with Crippen molar-refractivity contribution >= 4 is 10.2 Å². The van der Waals surface area contributed by atoms with Crippen molar-refractivity contribution in [3.05, 3.63) is 35.9 Å². The van der Waals surface area contributed by atoms with E-state index < -0.39 is 10.2 Å². The van der Waals surface area contributed by atoms with Crippen LogP contribution in [0.15, 0.2) is 30.3 Å². The van der Waals surface area contributed by atoms with Crippen LogP contribution in [0.3, 0.4) is 0 Å². The van der Waals surface area contributed by atoms with Crippen LogP contribution in [0.25, 0.3) is 0 Å². The molecule has 0 unspecified atom stereocenters. The monoisotopic (exact) mass is 362 g/mol. The highest BCUT2D eigenvalue weighted by atomic mass is 32.2. The lowest BCUT2D eigenvalue weighted by molar-refractivity contribution is -0.0556. The summed E-state index contributed by atoms with van der Waals surface area (Å²) < 4.78 is 30.7. The van der Waals surface area contributed by atoms with E-state index in [1.807, 2.05) is 22.5 Å². The molecule has 0 amide bonds. The quantitative estimate of drug-likeness (QED) is 0.824. The molecule has 3 fully saturated rings. The van der Waals surface area contributed by atoms with Crippen molar-refractivity contribution in [3.8, 4) is 0 Å². The van der Waals surface area contributed by atoms with Gasteiger partial charge in [-0.25, -0.2) is 0 Å². The van der Waals surface area contributed by atoms with Crippen molar-refractivity contribution in [2.45, 2.75) is 51.5 Å². The molecular formula is C20H30N2O2S. The minimum Gasteiger partial charge on any atom is -0.195 e. The number of rotatable bonds is 3. The van der Waals surface area contributed by atoms with Crippen LogP contribution in [0.2, 0.25) is 0 Å². The normalized spacial score (nSPS) is 37.3. The number of hydrogen-bond donors (Lipinski definition) is 0. The highest BCUT2D eigenvalue weighted by molar-refractivity contribution is 7.86. The summed E-state index contributed by atoms with van der Waals surface area (Å²) in [5.41, 5.74) is 0.884. The maximum Gasteiger partial charge on any atom is 0.282 e. The molecule has 25 heavy (non-hydrogen) atoms. The second kappa shape index (κ2) is 6.36. The number of hydrogen-bond acceptors (Lipinski definition) is 2. The second-order valence-electron chi connectivity index (χ2n) is 8.53. The maximum absolute atomic E-state index is 13.5. The molecule has 2 saturated heterocycles. The van der Waals surface area contributed by atoms with E-state index >= 15 is 0 Å². The first-order valence-corrected chi connectivity index (χ1v) is 11.2. The van der Waals surface area contributed by atoms with Crippen molar-refractivity contribution in [2.75, 3.05) is 19.6 Å². The molecule has 0 N–H and O–H groups in total. The Kier molecular flexibility index (Phi) is 4.45. The summed E-state index contributed by atoms with van der Waals surface area (Å²) in [5.74, 6) is 1.35. The Morgan fingerprint density at radius 3 is 2.32 bits per heavy atom. The van der Waals surface area contributed by atoms with Crippen LogP contribution < -0.4 is 0 Å². The predicted molar refractivity (Wildman–Crippen MR) is 100 cm³/mol. The Morgan fingerprint density at radius 1 is 1.00 bits per heavy atom. The minimum atomic E-state index is -3.40. The fraction of sp³-hybridized carbons (Fsp3) is 0.700. The van der Waals surface area contributed by atoms with Crippen LogP contribution in [-0.4, -0.2) is 36.7 Å². The molecule has 5 heteroatoms. The van der Waals surface area contributed by atoms with E-state index in [0.717, 1.165) is 25.7 Å². The SMILES string of the molecule is C[C@@H]1C[C@H](C)CN(S(=O)(=O)N2C[C@H]3CCCC[C@]32c2ccccc2)C1. The summed E-state index contributed by atoms with van der Waals surface area (Å²) in [7, 11) is -3.40. The van der Waals surface area contributed by atoms with Crippen molar-refractivity contribution in [2.24, 2.45) is 17.8 Å². The van der Waals surface area contributed by atoms with Gasteiger partial charge in [0.05, 0.1) is 5.54 Å². The van der Waals surface area contributed by atoms with Gasteiger partial charge in [-0.05, 0) is 42.6 Å². The number of fused-ring (bicyclic) bond motifs is 1. The lowest BCUT2D eigenvalue weighted by Crippen LogP contribution is -2.70. The largest absolute Gasteiger partial charge is 0.282 e. The molecule has 1 aromatic carbocycles. The van der Waals surface area contributed by atoms with Gasteiger partial charge in [0.25, 0.3) is 10.2 Å². The fourth-order valence-corrected chi connectivity index (χ4v) is 7.82. The molecule has 1 saturated carbocycles. The molecule has 3 aliphatic rings. The first-order chi connectivity index (χ1) is 11.9. The van der Waals surface area contributed by atoms with E-state index in [1.54, 1.807) is 4.31 Å². The van der Waals surface area contributed by atoms with Crippen molar-refractivity contribution in [1.82, 2.24) is 8.61 Å². The molecule has 1 aromatic rings. The highest BCUT2D eigenvalue weighted by Gasteiger charge is 2.60. The molecule has 138 valence electrons. The smallest absolute Gasteiger partial charge is 0.195 e. The standard InChI is InChI=1S/C20H30N2O2S/c1-16-12-17(2)14-21(13-16)25(23,24)22-15-19-10-6-7-11-20(19,22)18-8-4-3-5-9-18/h3-5,8-9,16-17,19H,6-7,10-15H2,1-2H3/t16-,17+,19-,20+/m1/s1. The number of benzene rings is 1. The van der Waals surface area contributed by atoms with Crippen LogP contribution in [-0.2, 0) is 15.7 Å². The summed E-state index contributed by atoms with van der Waals surface area (Å²) in [6.07, 6.45) is 5.57. The van der Waals surface area contributed by atoms with Crippen molar-refractivity contribution in [1.29, 1.82) is 0 Å². The summed E-state index contributed by atoms with van der Waals surface area (Å²) >= 11 is 0. The van der Waals surface area contributed by atoms with E-state index in [9.17, 15) is 8.42 Å².